The summed E-state index contributed by atoms with van der Waals surface area (Å²) in [7, 11) is 1.88. The second-order valence-corrected chi connectivity index (χ2v) is 2.67. The molecular formula is C11H11N3. The van der Waals surface area contributed by atoms with E-state index < -0.39 is 0 Å². The second-order valence-electron chi connectivity index (χ2n) is 2.67. The number of hydrogen-bond acceptors (Lipinski definition) is 3. The Bertz CT molecular complexity index is 393. The fraction of sp³-hybridized carbons (Fsp3) is 0.273. The lowest BCUT2D eigenvalue weighted by molar-refractivity contribution is 0.818. The van der Waals surface area contributed by atoms with Crippen LogP contribution in [0.25, 0.3) is 0 Å². The van der Waals surface area contributed by atoms with Gasteiger partial charge in [-0.05, 0) is 25.1 Å². The average molecular weight is 185 g/mol. The molecule has 0 aliphatic heterocycles. The van der Waals surface area contributed by atoms with E-state index in [1.54, 1.807) is 18.3 Å². The van der Waals surface area contributed by atoms with Gasteiger partial charge in [0.1, 0.15) is 11.8 Å². The Morgan fingerprint density at radius 1 is 1.57 bits per heavy atom. The van der Waals surface area contributed by atoms with Crippen LogP contribution in [0.3, 0.4) is 0 Å². The van der Waals surface area contributed by atoms with E-state index in [0.717, 1.165) is 13.0 Å². The molecule has 1 rings (SSSR count). The molecule has 0 aromatic carbocycles. The minimum absolute atomic E-state index is 0.532. The molecule has 1 N–H and O–H groups in total. The van der Waals surface area contributed by atoms with Crippen LogP contribution in [0.4, 0.5) is 0 Å². The Balaban J connectivity index is 2.74. The number of nitrogens with zero attached hydrogens (tertiary/aromatic N) is 2. The molecular weight excluding hydrogens is 174 g/mol. The van der Waals surface area contributed by atoms with Crippen LogP contribution >= 0.6 is 0 Å². The smallest absolute Gasteiger partial charge is 0.130 e. The van der Waals surface area contributed by atoms with Crippen molar-refractivity contribution in [1.82, 2.24) is 10.3 Å². The van der Waals surface area contributed by atoms with Gasteiger partial charge in [-0.2, -0.15) is 5.26 Å². The summed E-state index contributed by atoms with van der Waals surface area (Å²) in [5.74, 6) is 5.83. The minimum atomic E-state index is 0.532. The van der Waals surface area contributed by atoms with Crippen molar-refractivity contribution in [3.8, 4) is 17.9 Å². The lowest BCUT2D eigenvalue weighted by Gasteiger charge is -1.91. The molecule has 0 saturated heterocycles. The molecule has 1 heterocycles. The van der Waals surface area contributed by atoms with Gasteiger partial charge in [0.05, 0.1) is 5.56 Å². The van der Waals surface area contributed by atoms with Crippen molar-refractivity contribution in [2.75, 3.05) is 13.6 Å². The molecule has 0 spiro atoms. The van der Waals surface area contributed by atoms with Gasteiger partial charge < -0.3 is 5.32 Å². The maximum absolute atomic E-state index is 8.75. The summed E-state index contributed by atoms with van der Waals surface area (Å²) in [4.78, 5) is 4.03. The van der Waals surface area contributed by atoms with Gasteiger partial charge in [0.25, 0.3) is 0 Å². The molecule has 3 heteroatoms. The molecule has 1 aromatic heterocycles. The normalized spacial score (nSPS) is 8.57. The summed E-state index contributed by atoms with van der Waals surface area (Å²) in [5.41, 5.74) is 1.09. The number of hydrogen-bond donors (Lipinski definition) is 1. The molecule has 0 aliphatic carbocycles. The van der Waals surface area contributed by atoms with Crippen LogP contribution in [0.1, 0.15) is 17.7 Å². The van der Waals surface area contributed by atoms with Crippen molar-refractivity contribution in [1.29, 1.82) is 5.26 Å². The molecule has 0 saturated carbocycles. The van der Waals surface area contributed by atoms with E-state index in [0.29, 0.717) is 11.3 Å². The van der Waals surface area contributed by atoms with Gasteiger partial charge in [-0.15, -0.1) is 0 Å². The third kappa shape index (κ3) is 2.90. The van der Waals surface area contributed by atoms with E-state index in [-0.39, 0.29) is 0 Å². The summed E-state index contributed by atoms with van der Waals surface area (Å²) in [6, 6.07) is 5.51. The van der Waals surface area contributed by atoms with Crippen molar-refractivity contribution in [2.24, 2.45) is 0 Å². The van der Waals surface area contributed by atoms with E-state index >= 15 is 0 Å². The Labute approximate surface area is 83.8 Å². The van der Waals surface area contributed by atoms with Crippen molar-refractivity contribution >= 4 is 0 Å². The monoisotopic (exact) mass is 185 g/mol. The van der Waals surface area contributed by atoms with Gasteiger partial charge in [0.15, 0.2) is 0 Å². The Hall–Kier alpha value is -1.84. The molecule has 0 bridgehead atoms. The Kier molecular flexibility index (Phi) is 4.20. The third-order valence-electron chi connectivity index (χ3n) is 1.63. The SMILES string of the molecule is CNCCC#Cc1ncccc1C#N. The Morgan fingerprint density at radius 3 is 3.14 bits per heavy atom. The zero-order valence-electron chi connectivity index (χ0n) is 8.04. The first kappa shape index (κ1) is 10.2. The molecule has 0 radical (unpaired) electrons. The topological polar surface area (TPSA) is 48.7 Å². The number of rotatable bonds is 2. The van der Waals surface area contributed by atoms with Crippen LogP contribution in [-0.2, 0) is 0 Å². The highest BCUT2D eigenvalue weighted by molar-refractivity contribution is 5.42. The number of aromatic nitrogens is 1. The third-order valence-corrected chi connectivity index (χ3v) is 1.63. The second kappa shape index (κ2) is 5.75. The van der Waals surface area contributed by atoms with Crippen LogP contribution in [0, 0.1) is 23.2 Å². The zero-order valence-corrected chi connectivity index (χ0v) is 8.04. The van der Waals surface area contributed by atoms with Crippen LogP contribution in [0.15, 0.2) is 18.3 Å². The van der Waals surface area contributed by atoms with Crippen LogP contribution < -0.4 is 5.32 Å². The molecule has 0 unspecified atom stereocenters. The van der Waals surface area contributed by atoms with Crippen molar-refractivity contribution in [3.05, 3.63) is 29.6 Å². The van der Waals surface area contributed by atoms with E-state index in [2.05, 4.69) is 28.2 Å². The lowest BCUT2D eigenvalue weighted by atomic mass is 10.2. The van der Waals surface area contributed by atoms with Gasteiger partial charge >= 0.3 is 0 Å². The molecule has 0 amide bonds. The molecule has 70 valence electrons. The Morgan fingerprint density at radius 2 is 2.43 bits per heavy atom. The summed E-state index contributed by atoms with van der Waals surface area (Å²) >= 11 is 0. The molecule has 0 atom stereocenters. The molecule has 1 aromatic rings. The van der Waals surface area contributed by atoms with Gasteiger partial charge in [-0.25, -0.2) is 4.98 Å². The zero-order chi connectivity index (χ0) is 10.2. The summed E-state index contributed by atoms with van der Waals surface area (Å²) in [6.45, 7) is 0.849. The van der Waals surface area contributed by atoms with Crippen LogP contribution in [-0.4, -0.2) is 18.6 Å². The van der Waals surface area contributed by atoms with E-state index in [4.69, 9.17) is 5.26 Å². The van der Waals surface area contributed by atoms with E-state index in [1.807, 2.05) is 7.05 Å². The summed E-state index contributed by atoms with van der Waals surface area (Å²) in [6.07, 6.45) is 2.40. The molecule has 14 heavy (non-hydrogen) atoms. The van der Waals surface area contributed by atoms with Crippen molar-refractivity contribution in [2.45, 2.75) is 6.42 Å². The fourth-order valence-electron chi connectivity index (χ4n) is 0.929. The molecule has 0 aliphatic rings. The minimum Gasteiger partial charge on any atom is -0.319 e. The summed E-state index contributed by atoms with van der Waals surface area (Å²) < 4.78 is 0. The first-order valence-electron chi connectivity index (χ1n) is 4.37. The first-order valence-corrected chi connectivity index (χ1v) is 4.37. The lowest BCUT2D eigenvalue weighted by Crippen LogP contribution is -2.05. The highest BCUT2D eigenvalue weighted by atomic mass is 14.8. The van der Waals surface area contributed by atoms with Crippen molar-refractivity contribution in [3.63, 3.8) is 0 Å². The van der Waals surface area contributed by atoms with Gasteiger partial charge in [-0.3, -0.25) is 0 Å². The maximum atomic E-state index is 8.75. The van der Waals surface area contributed by atoms with Crippen molar-refractivity contribution < 1.29 is 0 Å². The van der Waals surface area contributed by atoms with E-state index in [9.17, 15) is 0 Å². The predicted molar refractivity (Wildman–Crippen MR) is 54.4 cm³/mol. The quantitative estimate of drug-likeness (QED) is 0.550. The summed E-state index contributed by atoms with van der Waals surface area (Å²) in [5, 5.41) is 11.7. The van der Waals surface area contributed by atoms with Gasteiger partial charge in [0, 0.05) is 19.2 Å². The average Bonchev–Trinajstić information content (AvgIpc) is 2.25. The molecule has 3 nitrogen and oxygen atoms in total. The predicted octanol–water partition coefficient (Wildman–Crippen LogP) is 0.914. The molecule has 0 fully saturated rings. The van der Waals surface area contributed by atoms with Gasteiger partial charge in [0.2, 0.25) is 0 Å². The fourth-order valence-corrected chi connectivity index (χ4v) is 0.929. The number of pyridine rings is 1. The van der Waals surface area contributed by atoms with Crippen LogP contribution in [0.5, 0.6) is 0 Å². The van der Waals surface area contributed by atoms with Gasteiger partial charge in [-0.1, -0.05) is 5.92 Å². The largest absolute Gasteiger partial charge is 0.319 e. The number of nitrogens with one attached hydrogen (secondary N) is 1. The standard InChI is InChI=1S/C11H11N3/c1-13-7-3-2-6-11-10(9-12)5-4-8-14-11/h4-5,8,13H,3,7H2,1H3. The first-order chi connectivity index (χ1) is 6.88. The highest BCUT2D eigenvalue weighted by Crippen LogP contribution is 2.00. The maximum Gasteiger partial charge on any atom is 0.130 e. The van der Waals surface area contributed by atoms with Crippen LogP contribution in [0.2, 0.25) is 0 Å². The number of nitriles is 1. The highest BCUT2D eigenvalue weighted by Gasteiger charge is 1.96. The van der Waals surface area contributed by atoms with E-state index in [1.165, 1.54) is 0 Å².